The van der Waals surface area contributed by atoms with Gasteiger partial charge in [0.15, 0.2) is 17.4 Å². The second-order valence-electron chi connectivity index (χ2n) is 6.26. The van der Waals surface area contributed by atoms with E-state index >= 15 is 0 Å². The maximum atomic E-state index is 13.3. The van der Waals surface area contributed by atoms with Crippen molar-refractivity contribution in [1.82, 2.24) is 0 Å². The van der Waals surface area contributed by atoms with E-state index in [1.54, 1.807) is 18.2 Å². The zero-order valence-electron chi connectivity index (χ0n) is 13.9. The van der Waals surface area contributed by atoms with E-state index in [4.69, 9.17) is 0 Å². The summed E-state index contributed by atoms with van der Waals surface area (Å²) in [5.41, 5.74) is -0.322. The summed E-state index contributed by atoms with van der Waals surface area (Å²) in [5, 5.41) is 5.09. The molecule has 3 rings (SSSR count). The average Bonchev–Trinajstić information content (AvgIpc) is 3.40. The Hall–Kier alpha value is -3.09. The fourth-order valence-corrected chi connectivity index (χ4v) is 2.57. The molecule has 2 amide bonds. The van der Waals surface area contributed by atoms with Gasteiger partial charge in [-0.15, -0.1) is 0 Å². The zero-order valence-corrected chi connectivity index (χ0v) is 13.9. The van der Waals surface area contributed by atoms with Crippen LogP contribution in [0.4, 0.5) is 20.2 Å². The van der Waals surface area contributed by atoms with Crippen LogP contribution in [0.25, 0.3) is 0 Å². The van der Waals surface area contributed by atoms with Crippen LogP contribution in [0.1, 0.15) is 30.1 Å². The fraction of sp³-hybridized carbons (Fsp3) is 0.211. The van der Waals surface area contributed by atoms with E-state index in [-0.39, 0.29) is 11.5 Å². The molecule has 0 aromatic heterocycles. The second kappa shape index (κ2) is 6.67. The minimum atomic E-state index is -1.25. The van der Waals surface area contributed by atoms with E-state index in [9.17, 15) is 23.2 Å². The van der Waals surface area contributed by atoms with Gasteiger partial charge in [-0.3, -0.25) is 14.4 Å². The fourth-order valence-electron chi connectivity index (χ4n) is 2.57. The smallest absolute Gasteiger partial charge is 0.240 e. The topological polar surface area (TPSA) is 75.3 Å². The van der Waals surface area contributed by atoms with Crippen molar-refractivity contribution in [3.05, 3.63) is 59.7 Å². The Morgan fingerprint density at radius 1 is 0.885 bits per heavy atom. The monoisotopic (exact) mass is 358 g/mol. The Kier molecular flexibility index (Phi) is 4.54. The molecule has 0 aliphatic heterocycles. The lowest BCUT2D eigenvalue weighted by atomic mass is 10.0. The third-order valence-corrected chi connectivity index (χ3v) is 4.32. The SMILES string of the molecule is CC(=O)c1cccc(NC(=O)C2(C(=O)Nc3ccc(F)c(F)c3)CC2)c1. The van der Waals surface area contributed by atoms with Gasteiger partial charge in [0.25, 0.3) is 0 Å². The van der Waals surface area contributed by atoms with E-state index in [1.165, 1.54) is 19.1 Å². The highest BCUT2D eigenvalue weighted by atomic mass is 19.2. The maximum Gasteiger partial charge on any atom is 0.240 e. The van der Waals surface area contributed by atoms with Gasteiger partial charge in [0.1, 0.15) is 5.41 Å². The summed E-state index contributed by atoms with van der Waals surface area (Å²) >= 11 is 0. The van der Waals surface area contributed by atoms with E-state index in [0.717, 1.165) is 12.1 Å². The zero-order chi connectivity index (χ0) is 18.9. The molecule has 0 atom stereocenters. The number of Topliss-reactive ketones (excluding diaryl/α,β-unsaturated/α-hetero) is 1. The van der Waals surface area contributed by atoms with Crippen LogP contribution in [0.2, 0.25) is 0 Å². The first-order valence-corrected chi connectivity index (χ1v) is 8.01. The first kappa shape index (κ1) is 17.7. The van der Waals surface area contributed by atoms with Crippen LogP contribution in [-0.2, 0) is 9.59 Å². The summed E-state index contributed by atoms with van der Waals surface area (Å²) < 4.78 is 26.2. The number of carbonyl (C=O) groups excluding carboxylic acids is 3. The number of halogens is 2. The van der Waals surface area contributed by atoms with E-state index < -0.39 is 28.9 Å². The lowest BCUT2D eigenvalue weighted by Gasteiger charge is -2.16. The van der Waals surface area contributed by atoms with Crippen LogP contribution in [0.3, 0.4) is 0 Å². The summed E-state index contributed by atoms with van der Waals surface area (Å²) in [6.45, 7) is 1.42. The molecule has 0 radical (unpaired) electrons. The van der Waals surface area contributed by atoms with Crippen molar-refractivity contribution in [3.63, 3.8) is 0 Å². The summed E-state index contributed by atoms with van der Waals surface area (Å²) in [7, 11) is 0. The number of anilines is 2. The van der Waals surface area contributed by atoms with Crippen LogP contribution in [0.15, 0.2) is 42.5 Å². The van der Waals surface area contributed by atoms with Gasteiger partial charge in [-0.2, -0.15) is 0 Å². The normalized spacial score (nSPS) is 14.4. The quantitative estimate of drug-likeness (QED) is 0.634. The molecule has 5 nitrogen and oxygen atoms in total. The van der Waals surface area contributed by atoms with Gasteiger partial charge >= 0.3 is 0 Å². The summed E-state index contributed by atoms with van der Waals surface area (Å²) in [5.74, 6) is -3.33. The van der Waals surface area contributed by atoms with Crippen molar-refractivity contribution in [2.24, 2.45) is 5.41 Å². The lowest BCUT2D eigenvalue weighted by molar-refractivity contribution is -0.131. The van der Waals surface area contributed by atoms with Crippen molar-refractivity contribution in [1.29, 1.82) is 0 Å². The van der Waals surface area contributed by atoms with Crippen LogP contribution < -0.4 is 10.6 Å². The number of benzene rings is 2. The highest BCUT2D eigenvalue weighted by Gasteiger charge is 2.56. The molecule has 2 aromatic rings. The molecule has 1 fully saturated rings. The Bertz CT molecular complexity index is 907. The van der Waals surface area contributed by atoms with Crippen molar-refractivity contribution in [2.45, 2.75) is 19.8 Å². The standard InChI is InChI=1S/C19H16F2N2O3/c1-11(24)12-3-2-4-13(9-12)22-17(25)19(7-8-19)18(26)23-14-5-6-15(20)16(21)10-14/h2-6,9-10H,7-8H2,1H3,(H,22,25)(H,23,26). The van der Waals surface area contributed by atoms with Crippen molar-refractivity contribution in [3.8, 4) is 0 Å². The highest BCUT2D eigenvalue weighted by Crippen LogP contribution is 2.47. The molecule has 26 heavy (non-hydrogen) atoms. The molecule has 2 aromatic carbocycles. The molecule has 0 saturated heterocycles. The Morgan fingerprint density at radius 3 is 2.04 bits per heavy atom. The van der Waals surface area contributed by atoms with Gasteiger partial charge in [0, 0.05) is 23.0 Å². The molecule has 0 spiro atoms. The summed E-state index contributed by atoms with van der Waals surface area (Å²) in [4.78, 5) is 36.4. The first-order valence-electron chi connectivity index (χ1n) is 8.01. The Balaban J connectivity index is 1.72. The number of carbonyl (C=O) groups is 3. The molecular weight excluding hydrogens is 342 g/mol. The van der Waals surface area contributed by atoms with Crippen molar-refractivity contribution >= 4 is 29.0 Å². The average molecular weight is 358 g/mol. The summed E-state index contributed by atoms with van der Waals surface area (Å²) in [6, 6.07) is 9.39. The maximum absolute atomic E-state index is 13.3. The third kappa shape index (κ3) is 3.46. The highest BCUT2D eigenvalue weighted by molar-refractivity contribution is 6.17. The summed E-state index contributed by atoms with van der Waals surface area (Å²) in [6.07, 6.45) is 0.696. The molecule has 134 valence electrons. The predicted molar refractivity (Wildman–Crippen MR) is 91.7 cm³/mol. The van der Waals surface area contributed by atoms with E-state index in [2.05, 4.69) is 10.6 Å². The van der Waals surface area contributed by atoms with Gasteiger partial charge in [0.05, 0.1) is 0 Å². The van der Waals surface area contributed by atoms with Gasteiger partial charge in [-0.25, -0.2) is 8.78 Å². The number of nitrogens with one attached hydrogen (secondary N) is 2. The van der Waals surface area contributed by atoms with Crippen molar-refractivity contribution < 1.29 is 23.2 Å². The molecule has 1 saturated carbocycles. The molecular formula is C19H16F2N2O3. The third-order valence-electron chi connectivity index (χ3n) is 4.32. The Morgan fingerprint density at radius 2 is 1.50 bits per heavy atom. The van der Waals surface area contributed by atoms with Crippen LogP contribution in [0.5, 0.6) is 0 Å². The molecule has 0 bridgehead atoms. The minimum absolute atomic E-state index is 0.0755. The molecule has 7 heteroatoms. The number of rotatable bonds is 5. The predicted octanol–water partition coefficient (Wildman–Crippen LogP) is 3.52. The van der Waals surface area contributed by atoms with Gasteiger partial charge in [-0.05, 0) is 44.0 Å². The molecule has 1 aliphatic carbocycles. The first-order chi connectivity index (χ1) is 12.3. The van der Waals surface area contributed by atoms with Crippen LogP contribution in [0, 0.1) is 17.0 Å². The number of ketones is 1. The van der Waals surface area contributed by atoms with Crippen LogP contribution >= 0.6 is 0 Å². The Labute approximate surface area is 148 Å². The van der Waals surface area contributed by atoms with Gasteiger partial charge < -0.3 is 10.6 Å². The number of hydrogen-bond donors (Lipinski definition) is 2. The molecule has 0 heterocycles. The number of amides is 2. The molecule has 1 aliphatic rings. The van der Waals surface area contributed by atoms with E-state index in [0.29, 0.717) is 24.1 Å². The van der Waals surface area contributed by atoms with Gasteiger partial charge in [0.2, 0.25) is 11.8 Å². The van der Waals surface area contributed by atoms with Crippen LogP contribution in [-0.4, -0.2) is 17.6 Å². The lowest BCUT2D eigenvalue weighted by Crippen LogP contribution is -2.35. The van der Waals surface area contributed by atoms with Crippen molar-refractivity contribution in [2.75, 3.05) is 10.6 Å². The molecule has 2 N–H and O–H groups in total. The minimum Gasteiger partial charge on any atom is -0.325 e. The second-order valence-corrected chi connectivity index (χ2v) is 6.26. The molecule has 0 unspecified atom stereocenters. The largest absolute Gasteiger partial charge is 0.325 e. The van der Waals surface area contributed by atoms with E-state index in [1.807, 2.05) is 0 Å². The number of hydrogen-bond acceptors (Lipinski definition) is 3. The van der Waals surface area contributed by atoms with Gasteiger partial charge in [-0.1, -0.05) is 12.1 Å².